The van der Waals surface area contributed by atoms with Crippen molar-refractivity contribution < 1.29 is 14.6 Å². The number of aromatic nitrogens is 2. The lowest BCUT2D eigenvalue weighted by Gasteiger charge is -2.33. The molecule has 0 unspecified atom stereocenters. The summed E-state index contributed by atoms with van der Waals surface area (Å²) >= 11 is 0. The van der Waals surface area contributed by atoms with Crippen LogP contribution in [0.2, 0.25) is 0 Å². The van der Waals surface area contributed by atoms with Crippen LogP contribution in [-0.2, 0) is 11.3 Å². The number of anilines is 1. The SMILES string of the molecule is CC(=N)N1CCC(Oc2cc3c(cc2NCCC(=O)O)nc(C(C)C)n3Cc2ccc3ccc(C(=N)N)cc3c2)CC1. The molecule has 42 heavy (non-hydrogen) atoms. The average molecular weight is 570 g/mol. The maximum atomic E-state index is 11.2. The molecule has 0 saturated carbocycles. The molecule has 0 amide bonds. The van der Waals surface area contributed by atoms with E-state index in [2.05, 4.69) is 46.8 Å². The van der Waals surface area contributed by atoms with E-state index in [0.717, 1.165) is 64.8 Å². The highest BCUT2D eigenvalue weighted by molar-refractivity contribution is 5.99. The molecule has 1 fully saturated rings. The van der Waals surface area contributed by atoms with E-state index in [0.29, 0.717) is 23.7 Å². The first-order chi connectivity index (χ1) is 20.1. The Labute approximate surface area is 245 Å². The lowest BCUT2D eigenvalue weighted by atomic mass is 10.0. The maximum Gasteiger partial charge on any atom is 0.305 e. The second-order valence-corrected chi connectivity index (χ2v) is 11.3. The zero-order valence-corrected chi connectivity index (χ0v) is 24.4. The van der Waals surface area contributed by atoms with Crippen molar-refractivity contribution in [3.8, 4) is 5.75 Å². The standard InChI is InChI=1S/C32H39N7O3/c1-19(2)32-37-26-16-27(36-11-8-30(40)41)29(42-25-9-12-38(13-10-25)20(3)33)17-28(26)39(32)18-21-4-5-22-6-7-23(31(34)35)15-24(22)14-21/h4-7,14-17,19,25,33,36H,8-13,18H2,1-3H3,(H3,34,35)(H,40,41). The van der Waals surface area contributed by atoms with E-state index >= 15 is 0 Å². The molecule has 0 atom stereocenters. The summed E-state index contributed by atoms with van der Waals surface area (Å²) < 4.78 is 8.80. The number of fused-ring (bicyclic) bond motifs is 2. The van der Waals surface area contributed by atoms with E-state index in [4.69, 9.17) is 26.3 Å². The normalized spacial score (nSPS) is 14.0. The Morgan fingerprint density at radius 1 is 1.12 bits per heavy atom. The van der Waals surface area contributed by atoms with Crippen LogP contribution in [0.5, 0.6) is 5.75 Å². The smallest absolute Gasteiger partial charge is 0.305 e. The van der Waals surface area contributed by atoms with Crippen LogP contribution < -0.4 is 15.8 Å². The molecule has 0 radical (unpaired) electrons. The monoisotopic (exact) mass is 569 g/mol. The van der Waals surface area contributed by atoms with E-state index < -0.39 is 5.97 Å². The molecule has 10 heteroatoms. The van der Waals surface area contributed by atoms with Gasteiger partial charge in [-0.3, -0.25) is 15.6 Å². The Bertz CT molecular complexity index is 1650. The molecule has 1 aliphatic rings. The number of carbonyl (C=O) groups is 1. The van der Waals surface area contributed by atoms with Gasteiger partial charge in [-0.2, -0.15) is 0 Å². The molecule has 6 N–H and O–H groups in total. The van der Waals surface area contributed by atoms with Gasteiger partial charge in [0.25, 0.3) is 0 Å². The van der Waals surface area contributed by atoms with Crippen molar-refractivity contribution in [1.82, 2.24) is 14.5 Å². The third-order valence-corrected chi connectivity index (χ3v) is 7.82. The largest absolute Gasteiger partial charge is 0.488 e. The van der Waals surface area contributed by atoms with Crippen molar-refractivity contribution in [3.05, 3.63) is 65.5 Å². The zero-order chi connectivity index (χ0) is 30.0. The quantitative estimate of drug-likeness (QED) is 0.127. The summed E-state index contributed by atoms with van der Waals surface area (Å²) in [5.41, 5.74) is 10.0. The van der Waals surface area contributed by atoms with Crippen molar-refractivity contribution in [3.63, 3.8) is 0 Å². The number of rotatable bonds is 10. The topological polar surface area (TPSA) is 153 Å². The average Bonchev–Trinajstić information content (AvgIpc) is 3.30. The molecule has 0 bridgehead atoms. The summed E-state index contributed by atoms with van der Waals surface area (Å²) in [5.74, 6) is 1.55. The molecule has 4 aromatic rings. The molecule has 1 aromatic heterocycles. The van der Waals surface area contributed by atoms with Crippen molar-refractivity contribution in [2.24, 2.45) is 5.73 Å². The number of amidine groups is 2. The number of likely N-dealkylation sites (tertiary alicyclic amines) is 1. The Balaban J connectivity index is 1.52. The highest BCUT2D eigenvalue weighted by atomic mass is 16.5. The molecule has 1 aliphatic heterocycles. The van der Waals surface area contributed by atoms with Gasteiger partial charge in [0.05, 0.1) is 29.0 Å². The number of imidazole rings is 1. The number of ether oxygens (including phenoxy) is 1. The molecule has 5 rings (SSSR count). The summed E-state index contributed by atoms with van der Waals surface area (Å²) in [5, 5.41) is 30.3. The van der Waals surface area contributed by atoms with Gasteiger partial charge in [0.15, 0.2) is 0 Å². The molecular weight excluding hydrogens is 530 g/mol. The second-order valence-electron chi connectivity index (χ2n) is 11.3. The van der Waals surface area contributed by atoms with Crippen LogP contribution in [0, 0.1) is 10.8 Å². The molecule has 1 saturated heterocycles. The number of hydrogen-bond donors (Lipinski definition) is 5. The summed E-state index contributed by atoms with van der Waals surface area (Å²) in [7, 11) is 0. The molecule has 2 heterocycles. The van der Waals surface area contributed by atoms with E-state index in [1.54, 1.807) is 0 Å². The molecule has 220 valence electrons. The van der Waals surface area contributed by atoms with Crippen LogP contribution in [0.4, 0.5) is 5.69 Å². The first kappa shape index (κ1) is 28.9. The van der Waals surface area contributed by atoms with Gasteiger partial charge in [-0.15, -0.1) is 0 Å². The van der Waals surface area contributed by atoms with Crippen molar-refractivity contribution in [1.29, 1.82) is 10.8 Å². The first-order valence-electron chi connectivity index (χ1n) is 14.4. The van der Waals surface area contributed by atoms with E-state index in [1.165, 1.54) is 0 Å². The van der Waals surface area contributed by atoms with Gasteiger partial charge in [0.2, 0.25) is 0 Å². The van der Waals surface area contributed by atoms with E-state index in [9.17, 15) is 9.90 Å². The highest BCUT2D eigenvalue weighted by Crippen LogP contribution is 2.35. The van der Waals surface area contributed by atoms with Gasteiger partial charge in [-0.25, -0.2) is 4.98 Å². The first-order valence-corrected chi connectivity index (χ1v) is 14.4. The van der Waals surface area contributed by atoms with Crippen LogP contribution in [0.1, 0.15) is 62.9 Å². The third-order valence-electron chi connectivity index (χ3n) is 7.82. The Morgan fingerprint density at radius 3 is 2.52 bits per heavy atom. The molecule has 10 nitrogen and oxygen atoms in total. The molecule has 3 aromatic carbocycles. The van der Waals surface area contributed by atoms with Crippen LogP contribution in [-0.4, -0.2) is 62.9 Å². The van der Waals surface area contributed by atoms with Gasteiger partial charge in [0.1, 0.15) is 23.5 Å². The van der Waals surface area contributed by atoms with Crippen LogP contribution >= 0.6 is 0 Å². The zero-order valence-electron chi connectivity index (χ0n) is 24.4. The van der Waals surface area contributed by atoms with Gasteiger partial charge >= 0.3 is 5.97 Å². The van der Waals surface area contributed by atoms with E-state index in [1.807, 2.05) is 37.3 Å². The summed E-state index contributed by atoms with van der Waals surface area (Å²) in [6.45, 7) is 8.48. The fraction of sp³-hybridized carbons (Fsp3) is 0.375. The van der Waals surface area contributed by atoms with Gasteiger partial charge in [-0.1, -0.05) is 38.1 Å². The van der Waals surface area contributed by atoms with Crippen molar-refractivity contribution in [2.45, 2.75) is 58.6 Å². The number of carboxylic acids is 1. The maximum absolute atomic E-state index is 11.2. The minimum absolute atomic E-state index is 0.00465. The number of carboxylic acid groups (broad SMARTS) is 1. The summed E-state index contributed by atoms with van der Waals surface area (Å²) in [4.78, 5) is 18.3. The predicted octanol–water partition coefficient (Wildman–Crippen LogP) is 5.37. The Hall–Kier alpha value is -4.60. The van der Waals surface area contributed by atoms with Gasteiger partial charge in [-0.05, 0) is 41.5 Å². The number of benzene rings is 3. The van der Waals surface area contributed by atoms with Crippen molar-refractivity contribution >= 4 is 45.1 Å². The molecule has 0 aliphatic carbocycles. The lowest BCUT2D eigenvalue weighted by molar-refractivity contribution is -0.136. The summed E-state index contributed by atoms with van der Waals surface area (Å²) in [6, 6.07) is 16.1. The van der Waals surface area contributed by atoms with E-state index in [-0.39, 0.29) is 30.8 Å². The van der Waals surface area contributed by atoms with Crippen LogP contribution in [0.25, 0.3) is 21.8 Å². The minimum atomic E-state index is -0.863. The number of nitrogens with zero attached hydrogens (tertiary/aromatic N) is 3. The number of piperidine rings is 1. The van der Waals surface area contributed by atoms with Crippen LogP contribution in [0.15, 0.2) is 48.5 Å². The number of nitrogen functional groups attached to an aromatic ring is 1. The second kappa shape index (κ2) is 12.1. The fourth-order valence-electron chi connectivity index (χ4n) is 5.55. The number of nitrogens with two attached hydrogens (primary N) is 1. The lowest BCUT2D eigenvalue weighted by Crippen LogP contribution is -2.40. The summed E-state index contributed by atoms with van der Waals surface area (Å²) in [6.07, 6.45) is 1.60. The third kappa shape index (κ3) is 6.32. The highest BCUT2D eigenvalue weighted by Gasteiger charge is 2.23. The Morgan fingerprint density at radius 2 is 1.86 bits per heavy atom. The van der Waals surface area contributed by atoms with Crippen molar-refractivity contribution in [2.75, 3.05) is 25.0 Å². The molecular formula is C32H39N7O3. The fourth-order valence-corrected chi connectivity index (χ4v) is 5.55. The number of nitrogens with one attached hydrogen (secondary N) is 3. The number of hydrogen-bond acceptors (Lipinski definition) is 6. The molecule has 0 spiro atoms. The van der Waals surface area contributed by atoms with Crippen LogP contribution in [0.3, 0.4) is 0 Å². The Kier molecular flexibility index (Phi) is 8.33. The van der Waals surface area contributed by atoms with Gasteiger partial charge in [0, 0.05) is 56.6 Å². The minimum Gasteiger partial charge on any atom is -0.488 e. The van der Waals surface area contributed by atoms with Gasteiger partial charge < -0.3 is 30.4 Å². The number of aliphatic carboxylic acids is 1. The predicted molar refractivity (Wildman–Crippen MR) is 167 cm³/mol.